The Kier molecular flexibility index (Phi) is 8.20. The number of nitrogens with one attached hydrogen (secondary N) is 1. The number of benzene rings is 2. The van der Waals surface area contributed by atoms with Gasteiger partial charge in [0.2, 0.25) is 15.9 Å². The Bertz CT molecular complexity index is 928. The normalized spacial score (nSPS) is 16.9. The second kappa shape index (κ2) is 10.9. The number of carbonyl (C=O) groups excluding carboxylic acids is 1. The second-order valence-corrected chi connectivity index (χ2v) is 10.1. The predicted octanol–water partition coefficient (Wildman–Crippen LogP) is 1.55. The van der Waals surface area contributed by atoms with Gasteiger partial charge < -0.3 is 10.2 Å². The Hall–Kier alpha value is -2.26. The van der Waals surface area contributed by atoms with Crippen LogP contribution in [0.3, 0.4) is 0 Å². The maximum Gasteiger partial charge on any atom is 0.234 e. The lowest BCUT2D eigenvalue weighted by Crippen LogP contribution is -2.51. The van der Waals surface area contributed by atoms with E-state index in [1.807, 2.05) is 67.5 Å². The average Bonchev–Trinajstić information content (AvgIpc) is 2.75. The third kappa shape index (κ3) is 6.87. The lowest BCUT2D eigenvalue weighted by atomic mass is 10.1. The zero-order chi connectivity index (χ0) is 22.3. The zero-order valence-electron chi connectivity index (χ0n) is 18.3. The lowest BCUT2D eigenvalue weighted by Gasteiger charge is -2.33. The fraction of sp³-hybridized carbons (Fsp3) is 0.435. The molecule has 8 heteroatoms. The SMILES string of the molecule is CN(C)C(CNC(=O)CN1CCN(S(=O)(=O)Cc2ccccc2)CC1)c1ccccc1. The summed E-state index contributed by atoms with van der Waals surface area (Å²) in [5.74, 6) is -0.0249. The van der Waals surface area contributed by atoms with Crippen molar-refractivity contribution in [1.82, 2.24) is 19.4 Å². The summed E-state index contributed by atoms with van der Waals surface area (Å²) in [6.07, 6.45) is 0. The van der Waals surface area contributed by atoms with Crippen LogP contribution in [0.1, 0.15) is 17.2 Å². The van der Waals surface area contributed by atoms with Gasteiger partial charge in [0.05, 0.1) is 18.3 Å². The molecule has 0 aromatic heterocycles. The molecule has 0 spiro atoms. The summed E-state index contributed by atoms with van der Waals surface area (Å²) in [7, 11) is 0.649. The molecule has 0 aliphatic carbocycles. The van der Waals surface area contributed by atoms with Crippen LogP contribution in [0.25, 0.3) is 0 Å². The minimum atomic E-state index is -3.35. The summed E-state index contributed by atoms with van der Waals surface area (Å²) < 4.78 is 26.9. The molecule has 1 atom stereocenters. The number of likely N-dealkylation sites (N-methyl/N-ethyl adjacent to an activating group) is 1. The van der Waals surface area contributed by atoms with Crippen molar-refractivity contribution in [3.05, 3.63) is 71.8 Å². The van der Waals surface area contributed by atoms with Gasteiger partial charge in [-0.1, -0.05) is 60.7 Å². The topological polar surface area (TPSA) is 73.0 Å². The summed E-state index contributed by atoms with van der Waals surface area (Å²) in [5.41, 5.74) is 1.95. The van der Waals surface area contributed by atoms with E-state index < -0.39 is 10.0 Å². The fourth-order valence-electron chi connectivity index (χ4n) is 3.79. The molecule has 2 aromatic rings. The van der Waals surface area contributed by atoms with Crippen molar-refractivity contribution in [2.45, 2.75) is 11.8 Å². The van der Waals surface area contributed by atoms with Crippen LogP contribution in [0.15, 0.2) is 60.7 Å². The highest BCUT2D eigenvalue weighted by Gasteiger charge is 2.28. The number of hydrogen-bond donors (Lipinski definition) is 1. The third-order valence-electron chi connectivity index (χ3n) is 5.58. The lowest BCUT2D eigenvalue weighted by molar-refractivity contribution is -0.122. The zero-order valence-corrected chi connectivity index (χ0v) is 19.1. The summed E-state index contributed by atoms with van der Waals surface area (Å²) in [6, 6.07) is 19.4. The molecule has 3 rings (SSSR count). The van der Waals surface area contributed by atoms with Crippen molar-refractivity contribution in [3.8, 4) is 0 Å². The Labute approximate surface area is 185 Å². The van der Waals surface area contributed by atoms with E-state index >= 15 is 0 Å². The number of hydrogen-bond acceptors (Lipinski definition) is 5. The molecule has 0 saturated carbocycles. The molecular weight excluding hydrogens is 412 g/mol. The highest BCUT2D eigenvalue weighted by atomic mass is 32.2. The Morgan fingerprint density at radius 3 is 2.13 bits per heavy atom. The first-order valence-electron chi connectivity index (χ1n) is 10.6. The van der Waals surface area contributed by atoms with Gasteiger partial charge >= 0.3 is 0 Å². The van der Waals surface area contributed by atoms with E-state index in [0.717, 1.165) is 11.1 Å². The summed E-state index contributed by atoms with van der Waals surface area (Å²) >= 11 is 0. The highest BCUT2D eigenvalue weighted by molar-refractivity contribution is 7.88. The van der Waals surface area contributed by atoms with Crippen LogP contribution >= 0.6 is 0 Å². The molecule has 1 saturated heterocycles. The van der Waals surface area contributed by atoms with Crippen molar-refractivity contribution in [2.75, 3.05) is 53.4 Å². The van der Waals surface area contributed by atoms with Crippen molar-refractivity contribution < 1.29 is 13.2 Å². The molecule has 31 heavy (non-hydrogen) atoms. The van der Waals surface area contributed by atoms with Crippen LogP contribution in [0.5, 0.6) is 0 Å². The van der Waals surface area contributed by atoms with Crippen molar-refractivity contribution in [2.24, 2.45) is 0 Å². The smallest absolute Gasteiger partial charge is 0.234 e. The van der Waals surface area contributed by atoms with Gasteiger partial charge in [-0.3, -0.25) is 9.69 Å². The van der Waals surface area contributed by atoms with Gasteiger partial charge in [-0.2, -0.15) is 4.31 Å². The van der Waals surface area contributed by atoms with E-state index in [-0.39, 0.29) is 24.2 Å². The maximum absolute atomic E-state index is 12.7. The van der Waals surface area contributed by atoms with Crippen LogP contribution in [-0.4, -0.2) is 81.8 Å². The number of nitrogens with zero attached hydrogens (tertiary/aromatic N) is 3. The summed E-state index contributed by atoms with van der Waals surface area (Å²) in [4.78, 5) is 16.6. The first-order chi connectivity index (χ1) is 14.8. The monoisotopic (exact) mass is 444 g/mol. The number of rotatable bonds is 9. The van der Waals surface area contributed by atoms with Gasteiger partial charge in [0.1, 0.15) is 0 Å². The average molecular weight is 445 g/mol. The van der Waals surface area contributed by atoms with Gasteiger partial charge in [-0.15, -0.1) is 0 Å². The molecule has 1 N–H and O–H groups in total. The molecule has 168 valence electrons. The highest BCUT2D eigenvalue weighted by Crippen LogP contribution is 2.17. The van der Waals surface area contributed by atoms with Crippen LogP contribution < -0.4 is 5.32 Å². The van der Waals surface area contributed by atoms with Gasteiger partial charge in [-0.05, 0) is 25.2 Å². The summed E-state index contributed by atoms with van der Waals surface area (Å²) in [6.45, 7) is 2.73. The molecule has 1 fully saturated rings. The largest absolute Gasteiger partial charge is 0.353 e. The molecular formula is C23H32N4O3S. The first-order valence-corrected chi connectivity index (χ1v) is 12.2. The molecule has 2 aromatic carbocycles. The number of sulfonamides is 1. The number of amides is 1. The maximum atomic E-state index is 12.7. The van der Waals surface area contributed by atoms with E-state index in [2.05, 4.69) is 22.3 Å². The third-order valence-corrected chi connectivity index (χ3v) is 7.43. The van der Waals surface area contributed by atoms with Crippen LogP contribution in [0.4, 0.5) is 0 Å². The summed E-state index contributed by atoms with van der Waals surface area (Å²) in [5, 5.41) is 3.03. The van der Waals surface area contributed by atoms with Gasteiger partial charge in [0.25, 0.3) is 0 Å². The van der Waals surface area contributed by atoms with Crippen LogP contribution in [0.2, 0.25) is 0 Å². The van der Waals surface area contributed by atoms with Crippen molar-refractivity contribution in [3.63, 3.8) is 0 Å². The molecule has 1 amide bonds. The van der Waals surface area contributed by atoms with Crippen LogP contribution in [0, 0.1) is 0 Å². The standard InChI is InChI=1S/C23H32N4O3S/c1-25(2)22(21-11-7-4-8-12-21)17-24-23(28)18-26-13-15-27(16-14-26)31(29,30)19-20-9-5-3-6-10-20/h3-12,22H,13-19H2,1-2H3,(H,24,28). The predicted molar refractivity (Wildman–Crippen MR) is 123 cm³/mol. The molecule has 1 aliphatic rings. The van der Waals surface area contributed by atoms with Gasteiger partial charge in [0.15, 0.2) is 0 Å². The molecule has 0 radical (unpaired) electrons. The number of carbonyl (C=O) groups is 1. The quantitative estimate of drug-likeness (QED) is 0.635. The minimum Gasteiger partial charge on any atom is -0.353 e. The number of piperazine rings is 1. The van der Waals surface area contributed by atoms with Gasteiger partial charge in [-0.25, -0.2) is 8.42 Å². The van der Waals surface area contributed by atoms with E-state index in [9.17, 15) is 13.2 Å². The van der Waals surface area contributed by atoms with E-state index in [1.54, 1.807) is 0 Å². The van der Waals surface area contributed by atoms with E-state index in [4.69, 9.17) is 0 Å². The van der Waals surface area contributed by atoms with Crippen molar-refractivity contribution >= 4 is 15.9 Å². The molecule has 1 aliphatic heterocycles. The van der Waals surface area contributed by atoms with Gasteiger partial charge in [0, 0.05) is 32.7 Å². The van der Waals surface area contributed by atoms with Crippen molar-refractivity contribution in [1.29, 1.82) is 0 Å². The van der Waals surface area contributed by atoms with Crippen LogP contribution in [-0.2, 0) is 20.6 Å². The fourth-order valence-corrected chi connectivity index (χ4v) is 5.30. The Morgan fingerprint density at radius 1 is 0.968 bits per heavy atom. The molecule has 1 unspecified atom stereocenters. The second-order valence-electron chi connectivity index (χ2n) is 8.11. The van der Waals surface area contributed by atoms with E-state index in [0.29, 0.717) is 32.7 Å². The molecule has 1 heterocycles. The van der Waals surface area contributed by atoms with E-state index in [1.165, 1.54) is 4.31 Å². The molecule has 0 bridgehead atoms. The first kappa shape index (κ1) is 23.4. The minimum absolute atomic E-state index is 0.0136. The molecule has 7 nitrogen and oxygen atoms in total. The Morgan fingerprint density at radius 2 is 1.55 bits per heavy atom. The Balaban J connectivity index is 1.45.